The Kier molecular flexibility index (Phi) is 6.77. The average molecular weight is 388 g/mol. The van der Waals surface area contributed by atoms with Crippen LogP contribution >= 0.6 is 24.0 Å². The summed E-state index contributed by atoms with van der Waals surface area (Å²) in [6, 6.07) is 7.71. The number of hydrogen-bond acceptors (Lipinski definition) is 4. The standard InChI is InChI=1S/C14H20N4O.HI/c1-15-13(19)12-5-3-4-11(10-12)6-7-16-14-17-8-9-18(14)2;/h3-5,10H,6-9H2,1-2H3,(H,15,19)(H,16,17);1H. The molecule has 2 rings (SSSR count). The molecule has 1 amide bonds. The van der Waals surface area contributed by atoms with Gasteiger partial charge in [0.15, 0.2) is 5.96 Å². The minimum Gasteiger partial charge on any atom is -0.356 e. The van der Waals surface area contributed by atoms with Crippen LogP contribution in [0, 0.1) is 0 Å². The number of guanidine groups is 1. The third-order valence-corrected chi connectivity index (χ3v) is 3.17. The van der Waals surface area contributed by atoms with Crippen LogP contribution in [0.1, 0.15) is 15.9 Å². The van der Waals surface area contributed by atoms with Crippen molar-refractivity contribution in [2.24, 2.45) is 4.99 Å². The maximum atomic E-state index is 11.5. The molecule has 0 bridgehead atoms. The Hall–Kier alpha value is -1.31. The van der Waals surface area contributed by atoms with Gasteiger partial charge in [-0.2, -0.15) is 0 Å². The number of rotatable bonds is 4. The van der Waals surface area contributed by atoms with Gasteiger partial charge in [0.25, 0.3) is 5.91 Å². The van der Waals surface area contributed by atoms with Gasteiger partial charge in [-0.25, -0.2) is 0 Å². The number of likely N-dealkylation sites (N-methyl/N-ethyl adjacent to an activating group) is 1. The molecule has 6 heteroatoms. The Bertz CT molecular complexity index is 490. The molecule has 0 atom stereocenters. The molecule has 0 saturated carbocycles. The van der Waals surface area contributed by atoms with E-state index in [1.165, 1.54) is 0 Å². The van der Waals surface area contributed by atoms with Crippen LogP contribution in [0.15, 0.2) is 29.3 Å². The molecule has 0 radical (unpaired) electrons. The van der Waals surface area contributed by atoms with Crippen LogP contribution < -0.4 is 10.6 Å². The fraction of sp³-hybridized carbons (Fsp3) is 0.429. The molecular formula is C14H21IN4O. The van der Waals surface area contributed by atoms with Crippen molar-refractivity contribution in [3.63, 3.8) is 0 Å². The lowest BCUT2D eigenvalue weighted by Crippen LogP contribution is -2.36. The van der Waals surface area contributed by atoms with Crippen molar-refractivity contribution in [1.29, 1.82) is 0 Å². The first-order valence-corrected chi connectivity index (χ1v) is 6.51. The van der Waals surface area contributed by atoms with Crippen LogP contribution in [0.3, 0.4) is 0 Å². The van der Waals surface area contributed by atoms with E-state index < -0.39 is 0 Å². The van der Waals surface area contributed by atoms with Crippen LogP contribution in [0.5, 0.6) is 0 Å². The summed E-state index contributed by atoms with van der Waals surface area (Å²) in [4.78, 5) is 18.0. The zero-order valence-corrected chi connectivity index (χ0v) is 14.2. The number of carbonyl (C=O) groups is 1. The SMILES string of the molecule is CNC(=O)c1cccc(CCNC2=NCCN2C)c1.I. The van der Waals surface area contributed by atoms with E-state index >= 15 is 0 Å². The third kappa shape index (κ3) is 4.36. The molecule has 110 valence electrons. The van der Waals surface area contributed by atoms with Crippen LogP contribution in [-0.2, 0) is 6.42 Å². The third-order valence-electron chi connectivity index (χ3n) is 3.17. The van der Waals surface area contributed by atoms with E-state index in [4.69, 9.17) is 0 Å². The van der Waals surface area contributed by atoms with Crippen LogP contribution in [0.25, 0.3) is 0 Å². The number of carbonyl (C=O) groups excluding carboxylic acids is 1. The van der Waals surface area contributed by atoms with Crippen LogP contribution in [0.4, 0.5) is 0 Å². The predicted molar refractivity (Wildman–Crippen MR) is 91.9 cm³/mol. The van der Waals surface area contributed by atoms with Gasteiger partial charge in [0.2, 0.25) is 0 Å². The van der Waals surface area contributed by atoms with E-state index in [-0.39, 0.29) is 29.9 Å². The van der Waals surface area contributed by atoms with Crippen molar-refractivity contribution in [3.05, 3.63) is 35.4 Å². The van der Waals surface area contributed by atoms with E-state index in [1.807, 2.05) is 31.3 Å². The van der Waals surface area contributed by atoms with Crippen LogP contribution in [-0.4, -0.2) is 50.5 Å². The molecule has 0 spiro atoms. The van der Waals surface area contributed by atoms with Crippen molar-refractivity contribution >= 4 is 35.8 Å². The molecular weight excluding hydrogens is 367 g/mol. The Morgan fingerprint density at radius 1 is 1.45 bits per heavy atom. The largest absolute Gasteiger partial charge is 0.356 e. The fourth-order valence-electron chi connectivity index (χ4n) is 2.05. The van der Waals surface area contributed by atoms with E-state index in [9.17, 15) is 4.79 Å². The van der Waals surface area contributed by atoms with Gasteiger partial charge in [0.1, 0.15) is 0 Å². The van der Waals surface area contributed by atoms with E-state index in [1.54, 1.807) is 7.05 Å². The maximum absolute atomic E-state index is 11.5. The highest BCUT2D eigenvalue weighted by atomic mass is 127. The lowest BCUT2D eigenvalue weighted by Gasteiger charge is -2.15. The highest BCUT2D eigenvalue weighted by Gasteiger charge is 2.11. The molecule has 5 nitrogen and oxygen atoms in total. The smallest absolute Gasteiger partial charge is 0.251 e. The first kappa shape index (κ1) is 16.7. The van der Waals surface area contributed by atoms with Crippen molar-refractivity contribution in [3.8, 4) is 0 Å². The van der Waals surface area contributed by atoms with E-state index in [2.05, 4.69) is 20.5 Å². The number of nitrogens with one attached hydrogen (secondary N) is 2. The monoisotopic (exact) mass is 388 g/mol. The van der Waals surface area contributed by atoms with E-state index in [0.29, 0.717) is 5.56 Å². The lowest BCUT2D eigenvalue weighted by molar-refractivity contribution is 0.0963. The van der Waals surface area contributed by atoms with Crippen molar-refractivity contribution < 1.29 is 4.79 Å². The summed E-state index contributed by atoms with van der Waals surface area (Å²) in [5.41, 5.74) is 1.85. The summed E-state index contributed by atoms with van der Waals surface area (Å²) in [5.74, 6) is 0.914. The summed E-state index contributed by atoms with van der Waals surface area (Å²) in [6.07, 6.45) is 0.873. The molecule has 1 heterocycles. The van der Waals surface area contributed by atoms with Gasteiger partial charge in [0, 0.05) is 32.7 Å². The molecule has 1 aliphatic rings. The van der Waals surface area contributed by atoms with Gasteiger partial charge in [0.05, 0.1) is 6.54 Å². The second kappa shape index (κ2) is 8.08. The second-order valence-electron chi connectivity index (χ2n) is 4.58. The average Bonchev–Trinajstić information content (AvgIpc) is 2.84. The van der Waals surface area contributed by atoms with Gasteiger partial charge in [-0.1, -0.05) is 12.1 Å². The molecule has 0 fully saturated rings. The molecule has 20 heavy (non-hydrogen) atoms. The zero-order chi connectivity index (χ0) is 13.7. The van der Waals surface area contributed by atoms with Crippen molar-refractivity contribution in [2.45, 2.75) is 6.42 Å². The number of amides is 1. The highest BCUT2D eigenvalue weighted by molar-refractivity contribution is 14.0. The molecule has 1 aliphatic heterocycles. The Balaban J connectivity index is 0.00000200. The first-order chi connectivity index (χ1) is 9.20. The molecule has 0 aliphatic carbocycles. The molecule has 0 aromatic heterocycles. The lowest BCUT2D eigenvalue weighted by atomic mass is 10.1. The molecule has 0 unspecified atom stereocenters. The number of aliphatic imine (C=N–C) groups is 1. The number of nitrogens with zero attached hydrogens (tertiary/aromatic N) is 2. The van der Waals surface area contributed by atoms with Gasteiger partial charge in [-0.15, -0.1) is 24.0 Å². The fourth-order valence-corrected chi connectivity index (χ4v) is 2.05. The summed E-state index contributed by atoms with van der Waals surface area (Å²) < 4.78 is 0. The Morgan fingerprint density at radius 2 is 2.25 bits per heavy atom. The van der Waals surface area contributed by atoms with Gasteiger partial charge in [-0.05, 0) is 24.1 Å². The van der Waals surface area contributed by atoms with E-state index in [0.717, 1.165) is 37.6 Å². The number of benzene rings is 1. The van der Waals surface area contributed by atoms with Crippen molar-refractivity contribution in [2.75, 3.05) is 33.7 Å². The Morgan fingerprint density at radius 3 is 2.90 bits per heavy atom. The summed E-state index contributed by atoms with van der Waals surface area (Å²) >= 11 is 0. The quantitative estimate of drug-likeness (QED) is 0.760. The van der Waals surface area contributed by atoms with Gasteiger partial charge >= 0.3 is 0 Å². The number of hydrogen-bond donors (Lipinski definition) is 2. The molecule has 2 N–H and O–H groups in total. The molecule has 1 aromatic carbocycles. The predicted octanol–water partition coefficient (Wildman–Crippen LogP) is 1.10. The van der Waals surface area contributed by atoms with Crippen LogP contribution in [0.2, 0.25) is 0 Å². The molecule has 0 saturated heterocycles. The second-order valence-corrected chi connectivity index (χ2v) is 4.58. The normalized spacial score (nSPS) is 13.5. The zero-order valence-electron chi connectivity index (χ0n) is 11.8. The minimum atomic E-state index is -0.0466. The summed E-state index contributed by atoms with van der Waals surface area (Å²) in [6.45, 7) is 2.67. The first-order valence-electron chi connectivity index (χ1n) is 6.51. The summed E-state index contributed by atoms with van der Waals surface area (Å²) in [5, 5.41) is 5.95. The molecule has 1 aromatic rings. The van der Waals surface area contributed by atoms with Crippen molar-refractivity contribution in [1.82, 2.24) is 15.5 Å². The Labute approximate surface area is 136 Å². The number of halogens is 1. The maximum Gasteiger partial charge on any atom is 0.251 e. The van der Waals surface area contributed by atoms with Gasteiger partial charge < -0.3 is 15.5 Å². The summed E-state index contributed by atoms with van der Waals surface area (Å²) in [7, 11) is 3.68. The highest BCUT2D eigenvalue weighted by Crippen LogP contribution is 2.06. The minimum absolute atomic E-state index is 0. The topological polar surface area (TPSA) is 56.7 Å². The van der Waals surface area contributed by atoms with Gasteiger partial charge in [-0.3, -0.25) is 9.79 Å².